The summed E-state index contributed by atoms with van der Waals surface area (Å²) >= 11 is 5.97. The molecule has 0 radical (unpaired) electrons. The van der Waals surface area contributed by atoms with E-state index in [2.05, 4.69) is 10.4 Å². The molecule has 1 amide bonds. The molecular weight excluding hydrogens is 512 g/mol. The fraction of sp³-hybridized carbons (Fsp3) is 0.192. The second-order valence-corrected chi connectivity index (χ2v) is 8.75. The van der Waals surface area contributed by atoms with Crippen molar-refractivity contribution in [3.63, 3.8) is 0 Å². The SMILES string of the molecule is Cc1c(CNC(=O)Cn2nc(-c3ccc(Cl)cc3)n(Cc3ccccc3F)c2=O)cccc1C(F)(F)F. The van der Waals surface area contributed by atoms with Crippen LogP contribution in [0.5, 0.6) is 0 Å². The molecule has 4 aromatic rings. The van der Waals surface area contributed by atoms with Crippen LogP contribution in [0.15, 0.2) is 71.5 Å². The summed E-state index contributed by atoms with van der Waals surface area (Å²) in [5, 5.41) is 7.29. The molecule has 3 aromatic carbocycles. The predicted octanol–water partition coefficient (Wildman–Crippen LogP) is 5.20. The number of nitrogens with zero attached hydrogens (tertiary/aromatic N) is 3. The van der Waals surface area contributed by atoms with E-state index in [1.807, 2.05) is 0 Å². The maximum absolute atomic E-state index is 14.3. The Balaban J connectivity index is 1.59. The molecule has 0 fully saturated rings. The maximum atomic E-state index is 14.3. The molecule has 0 bridgehead atoms. The van der Waals surface area contributed by atoms with Crippen LogP contribution in [0.3, 0.4) is 0 Å². The molecule has 6 nitrogen and oxygen atoms in total. The molecule has 0 saturated carbocycles. The molecule has 0 aliphatic heterocycles. The molecule has 37 heavy (non-hydrogen) atoms. The number of hydrogen-bond donors (Lipinski definition) is 1. The zero-order valence-electron chi connectivity index (χ0n) is 19.5. The van der Waals surface area contributed by atoms with Crippen LogP contribution in [-0.2, 0) is 30.6 Å². The van der Waals surface area contributed by atoms with Gasteiger partial charge in [0.15, 0.2) is 5.82 Å². The number of nitrogens with one attached hydrogen (secondary N) is 1. The fourth-order valence-electron chi connectivity index (χ4n) is 3.86. The van der Waals surface area contributed by atoms with E-state index < -0.39 is 35.7 Å². The standard InChI is InChI=1S/C26H21ClF4N4O2/c1-16-18(6-4-7-21(16)26(29,30)31)13-32-23(36)15-35-25(37)34(14-19-5-2-3-8-22(19)28)24(33-35)17-9-11-20(27)12-10-17/h2-12H,13-15H2,1H3,(H,32,36). The zero-order valence-corrected chi connectivity index (χ0v) is 20.3. The summed E-state index contributed by atoms with van der Waals surface area (Å²) in [7, 11) is 0. The van der Waals surface area contributed by atoms with E-state index in [0.717, 1.165) is 10.7 Å². The molecule has 0 saturated heterocycles. The first-order chi connectivity index (χ1) is 17.5. The second-order valence-electron chi connectivity index (χ2n) is 8.31. The number of carbonyl (C=O) groups excluding carboxylic acids is 1. The molecule has 11 heteroatoms. The number of amides is 1. The average Bonchev–Trinajstić information content (AvgIpc) is 3.14. The van der Waals surface area contributed by atoms with Crippen LogP contribution < -0.4 is 11.0 Å². The van der Waals surface area contributed by atoms with Crippen molar-refractivity contribution < 1.29 is 22.4 Å². The van der Waals surface area contributed by atoms with Gasteiger partial charge in [0.25, 0.3) is 0 Å². The highest BCUT2D eigenvalue weighted by molar-refractivity contribution is 6.30. The Morgan fingerprint density at radius 3 is 2.35 bits per heavy atom. The van der Waals surface area contributed by atoms with Gasteiger partial charge < -0.3 is 5.32 Å². The molecule has 0 unspecified atom stereocenters. The smallest absolute Gasteiger partial charge is 0.350 e. The van der Waals surface area contributed by atoms with Gasteiger partial charge in [-0.1, -0.05) is 41.9 Å². The lowest BCUT2D eigenvalue weighted by Gasteiger charge is -2.14. The first-order valence-electron chi connectivity index (χ1n) is 11.1. The van der Waals surface area contributed by atoms with Crippen molar-refractivity contribution in [3.05, 3.63) is 110 Å². The van der Waals surface area contributed by atoms with Crippen molar-refractivity contribution in [2.45, 2.75) is 32.7 Å². The topological polar surface area (TPSA) is 68.9 Å². The third-order valence-electron chi connectivity index (χ3n) is 5.83. The Morgan fingerprint density at radius 2 is 1.68 bits per heavy atom. The van der Waals surface area contributed by atoms with Crippen LogP contribution in [0.4, 0.5) is 17.6 Å². The molecule has 0 aliphatic carbocycles. The van der Waals surface area contributed by atoms with Crippen molar-refractivity contribution in [2.24, 2.45) is 0 Å². The van der Waals surface area contributed by atoms with Crippen LogP contribution in [0, 0.1) is 12.7 Å². The van der Waals surface area contributed by atoms with E-state index in [9.17, 15) is 27.2 Å². The van der Waals surface area contributed by atoms with E-state index in [-0.39, 0.29) is 30.0 Å². The number of rotatable bonds is 7. The summed E-state index contributed by atoms with van der Waals surface area (Å²) in [5.74, 6) is -0.929. The van der Waals surface area contributed by atoms with Gasteiger partial charge in [0.1, 0.15) is 12.4 Å². The minimum atomic E-state index is -4.51. The van der Waals surface area contributed by atoms with Crippen molar-refractivity contribution in [2.75, 3.05) is 0 Å². The van der Waals surface area contributed by atoms with Gasteiger partial charge in [-0.25, -0.2) is 13.9 Å². The van der Waals surface area contributed by atoms with Crippen LogP contribution in [-0.4, -0.2) is 20.3 Å². The minimum absolute atomic E-state index is 0.00616. The highest BCUT2D eigenvalue weighted by atomic mass is 35.5. The van der Waals surface area contributed by atoms with Gasteiger partial charge in [-0.2, -0.15) is 13.2 Å². The lowest BCUT2D eigenvalue weighted by molar-refractivity contribution is -0.138. The van der Waals surface area contributed by atoms with Gasteiger partial charge >= 0.3 is 11.9 Å². The number of benzene rings is 3. The van der Waals surface area contributed by atoms with Crippen LogP contribution in [0.2, 0.25) is 5.02 Å². The summed E-state index contributed by atoms with van der Waals surface area (Å²) < 4.78 is 56.0. The van der Waals surface area contributed by atoms with Crippen molar-refractivity contribution in [1.82, 2.24) is 19.7 Å². The molecule has 192 valence electrons. The highest BCUT2D eigenvalue weighted by Gasteiger charge is 2.32. The summed E-state index contributed by atoms with van der Waals surface area (Å²) in [6.07, 6.45) is -4.51. The first kappa shape index (κ1) is 26.2. The molecule has 4 rings (SSSR count). The molecule has 1 aromatic heterocycles. The zero-order chi connectivity index (χ0) is 26.7. The lowest BCUT2D eigenvalue weighted by atomic mass is 10.0. The monoisotopic (exact) mass is 532 g/mol. The van der Waals surface area contributed by atoms with Crippen LogP contribution in [0.1, 0.15) is 22.3 Å². The van der Waals surface area contributed by atoms with E-state index in [1.54, 1.807) is 30.3 Å². The summed E-state index contributed by atoms with van der Waals surface area (Å²) in [6.45, 7) is 0.553. The Hall–Kier alpha value is -3.92. The molecule has 0 spiro atoms. The van der Waals surface area contributed by atoms with Gasteiger partial charge in [-0.3, -0.25) is 9.36 Å². The minimum Gasteiger partial charge on any atom is -0.350 e. The van der Waals surface area contributed by atoms with Gasteiger partial charge in [-0.05, 0) is 54.4 Å². The van der Waals surface area contributed by atoms with Gasteiger partial charge in [0.2, 0.25) is 5.91 Å². The van der Waals surface area contributed by atoms with Crippen molar-refractivity contribution >= 4 is 17.5 Å². The Morgan fingerprint density at radius 1 is 1.00 bits per heavy atom. The Bertz CT molecular complexity index is 1490. The largest absolute Gasteiger partial charge is 0.416 e. The Labute approximate surface area is 214 Å². The van der Waals surface area contributed by atoms with Gasteiger partial charge in [0.05, 0.1) is 12.1 Å². The van der Waals surface area contributed by atoms with Gasteiger partial charge in [0, 0.05) is 22.7 Å². The number of carbonyl (C=O) groups is 1. The molecular formula is C26H21ClF4N4O2. The number of halogens is 5. The summed E-state index contributed by atoms with van der Waals surface area (Å²) in [5.41, 5.74) is -0.358. The third kappa shape index (κ3) is 5.91. The average molecular weight is 533 g/mol. The summed E-state index contributed by atoms with van der Waals surface area (Å²) in [6, 6.07) is 16.2. The van der Waals surface area contributed by atoms with Crippen molar-refractivity contribution in [3.8, 4) is 11.4 Å². The second kappa shape index (κ2) is 10.6. The fourth-order valence-corrected chi connectivity index (χ4v) is 3.99. The van der Waals surface area contributed by atoms with Gasteiger partial charge in [-0.15, -0.1) is 5.10 Å². The van der Waals surface area contributed by atoms with Crippen LogP contribution in [0.25, 0.3) is 11.4 Å². The van der Waals surface area contributed by atoms with Crippen molar-refractivity contribution in [1.29, 1.82) is 0 Å². The van der Waals surface area contributed by atoms with E-state index in [4.69, 9.17) is 11.6 Å². The van der Waals surface area contributed by atoms with E-state index in [1.165, 1.54) is 41.8 Å². The van der Waals surface area contributed by atoms with Crippen LogP contribution >= 0.6 is 11.6 Å². The number of alkyl halides is 3. The first-order valence-corrected chi connectivity index (χ1v) is 11.5. The quantitative estimate of drug-likeness (QED) is 0.333. The molecule has 1 heterocycles. The molecule has 0 atom stereocenters. The van der Waals surface area contributed by atoms with E-state index >= 15 is 0 Å². The molecule has 0 aliphatic rings. The normalized spacial score (nSPS) is 11.5. The number of hydrogen-bond acceptors (Lipinski definition) is 3. The third-order valence-corrected chi connectivity index (χ3v) is 6.08. The Kier molecular flexibility index (Phi) is 7.49. The maximum Gasteiger partial charge on any atom is 0.416 e. The number of aromatic nitrogens is 3. The summed E-state index contributed by atoms with van der Waals surface area (Å²) in [4.78, 5) is 25.8. The molecule has 1 N–H and O–H groups in total. The lowest BCUT2D eigenvalue weighted by Crippen LogP contribution is -2.33. The predicted molar refractivity (Wildman–Crippen MR) is 130 cm³/mol. The highest BCUT2D eigenvalue weighted by Crippen LogP contribution is 2.32. The van der Waals surface area contributed by atoms with E-state index in [0.29, 0.717) is 16.1 Å².